The van der Waals surface area contributed by atoms with Gasteiger partial charge in [0.1, 0.15) is 11.3 Å². The summed E-state index contributed by atoms with van der Waals surface area (Å²) in [6.45, 7) is 3.19. The highest BCUT2D eigenvalue weighted by Crippen LogP contribution is 2.25. The quantitative estimate of drug-likeness (QED) is 0.868. The molecule has 0 amide bonds. The smallest absolute Gasteiger partial charge is 0.134 e. The van der Waals surface area contributed by atoms with Gasteiger partial charge in [-0.05, 0) is 37.3 Å². The summed E-state index contributed by atoms with van der Waals surface area (Å²) in [4.78, 5) is 0. The van der Waals surface area contributed by atoms with Gasteiger partial charge in [-0.1, -0.05) is 25.1 Å². The molecule has 0 spiro atoms. The fourth-order valence-electron chi connectivity index (χ4n) is 2.76. The van der Waals surface area contributed by atoms with Crippen molar-refractivity contribution in [3.8, 4) is 0 Å². The molecule has 1 aliphatic carbocycles. The molecule has 1 N–H and O–H groups in total. The van der Waals surface area contributed by atoms with Crippen LogP contribution in [-0.2, 0) is 6.54 Å². The summed E-state index contributed by atoms with van der Waals surface area (Å²) in [7, 11) is 0. The maximum absolute atomic E-state index is 5.79. The fourth-order valence-corrected chi connectivity index (χ4v) is 2.76. The van der Waals surface area contributed by atoms with E-state index in [0.717, 1.165) is 23.8 Å². The fraction of sp³-hybridized carbons (Fsp3) is 0.467. The van der Waals surface area contributed by atoms with Crippen LogP contribution in [0.3, 0.4) is 0 Å². The summed E-state index contributed by atoms with van der Waals surface area (Å²) < 4.78 is 5.79. The molecule has 1 aromatic heterocycles. The minimum atomic E-state index is 0.679. The van der Waals surface area contributed by atoms with Crippen LogP contribution in [0.1, 0.15) is 31.9 Å². The third-order valence-electron chi connectivity index (χ3n) is 3.74. The molecule has 3 rings (SSSR count). The molecule has 0 bridgehead atoms. The molecule has 0 saturated heterocycles. The van der Waals surface area contributed by atoms with Crippen molar-refractivity contribution >= 4 is 11.0 Å². The number of hydrogen-bond donors (Lipinski definition) is 1. The molecule has 2 nitrogen and oxygen atoms in total. The SMILES string of the molecule is CC1CCC(NCc2cc3ccccc3o2)C1. The van der Waals surface area contributed by atoms with Crippen molar-refractivity contribution in [3.05, 3.63) is 36.1 Å². The Kier molecular flexibility index (Phi) is 2.89. The van der Waals surface area contributed by atoms with E-state index in [4.69, 9.17) is 4.42 Å². The largest absolute Gasteiger partial charge is 0.460 e. The maximum atomic E-state index is 5.79. The summed E-state index contributed by atoms with van der Waals surface area (Å²) >= 11 is 0. The average Bonchev–Trinajstić information content (AvgIpc) is 2.91. The summed E-state index contributed by atoms with van der Waals surface area (Å²) in [6.07, 6.45) is 3.97. The second kappa shape index (κ2) is 4.53. The normalized spacial score (nSPS) is 24.5. The van der Waals surface area contributed by atoms with Gasteiger partial charge in [0.25, 0.3) is 0 Å². The third kappa shape index (κ3) is 2.37. The first-order valence-corrected chi connectivity index (χ1v) is 6.52. The van der Waals surface area contributed by atoms with E-state index in [0.29, 0.717) is 6.04 Å². The van der Waals surface area contributed by atoms with Gasteiger partial charge < -0.3 is 9.73 Å². The van der Waals surface area contributed by atoms with Crippen LogP contribution >= 0.6 is 0 Å². The van der Waals surface area contributed by atoms with Gasteiger partial charge in [0.15, 0.2) is 0 Å². The second-order valence-electron chi connectivity index (χ2n) is 5.25. The van der Waals surface area contributed by atoms with Crippen molar-refractivity contribution < 1.29 is 4.42 Å². The zero-order valence-corrected chi connectivity index (χ0v) is 10.3. The molecule has 1 saturated carbocycles. The Morgan fingerprint density at radius 1 is 1.29 bits per heavy atom. The van der Waals surface area contributed by atoms with Crippen LogP contribution < -0.4 is 5.32 Å². The molecule has 90 valence electrons. The number of hydrogen-bond acceptors (Lipinski definition) is 2. The first-order chi connectivity index (χ1) is 8.31. The summed E-state index contributed by atoms with van der Waals surface area (Å²) in [5, 5.41) is 4.79. The number of fused-ring (bicyclic) bond motifs is 1. The highest BCUT2D eigenvalue weighted by molar-refractivity contribution is 5.77. The molecule has 1 heterocycles. The topological polar surface area (TPSA) is 25.2 Å². The lowest BCUT2D eigenvalue weighted by Gasteiger charge is -2.10. The number of nitrogens with one attached hydrogen (secondary N) is 1. The van der Waals surface area contributed by atoms with Gasteiger partial charge in [-0.3, -0.25) is 0 Å². The minimum absolute atomic E-state index is 0.679. The zero-order chi connectivity index (χ0) is 11.7. The molecule has 1 fully saturated rings. The van der Waals surface area contributed by atoms with Gasteiger partial charge in [0.05, 0.1) is 6.54 Å². The van der Waals surface area contributed by atoms with Crippen LogP contribution in [0, 0.1) is 5.92 Å². The Balaban J connectivity index is 1.65. The van der Waals surface area contributed by atoms with Gasteiger partial charge in [-0.15, -0.1) is 0 Å². The lowest BCUT2D eigenvalue weighted by Crippen LogP contribution is -2.25. The third-order valence-corrected chi connectivity index (χ3v) is 3.74. The monoisotopic (exact) mass is 229 g/mol. The molecule has 1 aromatic carbocycles. The first kappa shape index (κ1) is 10.8. The van der Waals surface area contributed by atoms with Gasteiger partial charge in [-0.2, -0.15) is 0 Å². The second-order valence-corrected chi connectivity index (χ2v) is 5.25. The predicted octanol–water partition coefficient (Wildman–Crippen LogP) is 3.71. The van der Waals surface area contributed by atoms with Crippen LogP contribution in [0.5, 0.6) is 0 Å². The predicted molar refractivity (Wildman–Crippen MR) is 69.9 cm³/mol. The van der Waals surface area contributed by atoms with E-state index >= 15 is 0 Å². The van der Waals surface area contributed by atoms with Gasteiger partial charge in [-0.25, -0.2) is 0 Å². The van der Waals surface area contributed by atoms with Gasteiger partial charge in [0, 0.05) is 11.4 Å². The van der Waals surface area contributed by atoms with Crippen LogP contribution in [0.25, 0.3) is 11.0 Å². The Morgan fingerprint density at radius 3 is 2.94 bits per heavy atom. The first-order valence-electron chi connectivity index (χ1n) is 6.52. The summed E-state index contributed by atoms with van der Waals surface area (Å²) in [6, 6.07) is 11.0. The van der Waals surface area contributed by atoms with Gasteiger partial charge in [0.2, 0.25) is 0 Å². The summed E-state index contributed by atoms with van der Waals surface area (Å²) in [5.41, 5.74) is 0.990. The molecule has 2 atom stereocenters. The van der Waals surface area contributed by atoms with E-state index in [1.807, 2.05) is 18.2 Å². The van der Waals surface area contributed by atoms with E-state index < -0.39 is 0 Å². The number of rotatable bonds is 3. The molecule has 0 aliphatic heterocycles. The molecule has 2 unspecified atom stereocenters. The molecule has 1 aliphatic rings. The Morgan fingerprint density at radius 2 is 2.18 bits per heavy atom. The van der Waals surface area contributed by atoms with Crippen molar-refractivity contribution in [1.29, 1.82) is 0 Å². The van der Waals surface area contributed by atoms with Crippen LogP contribution in [-0.4, -0.2) is 6.04 Å². The average molecular weight is 229 g/mol. The molecule has 2 heteroatoms. The van der Waals surface area contributed by atoms with E-state index in [2.05, 4.69) is 24.4 Å². The number of para-hydroxylation sites is 1. The molecule has 2 aromatic rings. The van der Waals surface area contributed by atoms with Crippen LogP contribution in [0.15, 0.2) is 34.7 Å². The Hall–Kier alpha value is -1.28. The van der Waals surface area contributed by atoms with E-state index in [-0.39, 0.29) is 0 Å². The molecular weight excluding hydrogens is 210 g/mol. The lowest BCUT2D eigenvalue weighted by molar-refractivity contribution is 0.454. The zero-order valence-electron chi connectivity index (χ0n) is 10.3. The van der Waals surface area contributed by atoms with Gasteiger partial charge >= 0.3 is 0 Å². The van der Waals surface area contributed by atoms with Crippen molar-refractivity contribution in [2.75, 3.05) is 0 Å². The Labute approximate surface area is 102 Å². The number of benzene rings is 1. The van der Waals surface area contributed by atoms with Crippen LogP contribution in [0.4, 0.5) is 0 Å². The number of furan rings is 1. The van der Waals surface area contributed by atoms with Crippen molar-refractivity contribution in [2.45, 2.75) is 38.8 Å². The van der Waals surface area contributed by atoms with Crippen molar-refractivity contribution in [1.82, 2.24) is 5.32 Å². The standard InChI is InChI=1S/C15H19NO/c1-11-6-7-13(8-11)16-10-14-9-12-4-2-3-5-15(12)17-14/h2-5,9,11,13,16H,6-8,10H2,1H3. The van der Waals surface area contributed by atoms with E-state index in [9.17, 15) is 0 Å². The Bertz CT molecular complexity index is 469. The minimum Gasteiger partial charge on any atom is -0.460 e. The molecule has 0 radical (unpaired) electrons. The van der Waals surface area contributed by atoms with Crippen molar-refractivity contribution in [3.63, 3.8) is 0 Å². The maximum Gasteiger partial charge on any atom is 0.134 e. The van der Waals surface area contributed by atoms with E-state index in [1.165, 1.54) is 24.6 Å². The summed E-state index contributed by atoms with van der Waals surface area (Å²) in [5.74, 6) is 1.92. The molecular formula is C15H19NO. The molecule has 17 heavy (non-hydrogen) atoms. The van der Waals surface area contributed by atoms with E-state index in [1.54, 1.807) is 0 Å². The van der Waals surface area contributed by atoms with Crippen LogP contribution in [0.2, 0.25) is 0 Å². The lowest BCUT2D eigenvalue weighted by atomic mass is 10.1. The highest BCUT2D eigenvalue weighted by Gasteiger charge is 2.20. The van der Waals surface area contributed by atoms with Crippen molar-refractivity contribution in [2.24, 2.45) is 5.92 Å². The highest BCUT2D eigenvalue weighted by atomic mass is 16.3.